The minimum absolute atomic E-state index is 0.0709. The van der Waals surface area contributed by atoms with E-state index in [4.69, 9.17) is 27.8 Å². The van der Waals surface area contributed by atoms with Gasteiger partial charge in [0.1, 0.15) is 0 Å². The minimum Gasteiger partial charge on any atom is -0.394 e. The van der Waals surface area contributed by atoms with E-state index in [1.807, 2.05) is 6.92 Å². The van der Waals surface area contributed by atoms with Crippen molar-refractivity contribution in [2.75, 3.05) is 39.5 Å². The molecule has 78 valence electrons. The van der Waals surface area contributed by atoms with Crippen molar-refractivity contribution in [1.82, 2.24) is 4.90 Å². The number of likely N-dealkylation sites (N-methyl/N-ethyl adjacent to an activating group) is 1. The largest absolute Gasteiger partial charge is 0.394 e. The second-order valence-corrected chi connectivity index (χ2v) is 3.20. The quantitative estimate of drug-likeness (QED) is 0.418. The number of aliphatic hydroxyl groups excluding tert-OH is 1. The van der Waals surface area contributed by atoms with E-state index in [9.17, 15) is 0 Å². The lowest BCUT2D eigenvalue weighted by molar-refractivity contribution is 0.0775. The second kappa shape index (κ2) is 8.37. The van der Waals surface area contributed by atoms with Crippen LogP contribution in [0, 0.1) is 0 Å². The second-order valence-electron chi connectivity index (χ2n) is 2.67. The van der Waals surface area contributed by atoms with E-state index in [1.54, 1.807) is 0 Å². The molecule has 13 heavy (non-hydrogen) atoms. The lowest BCUT2D eigenvalue weighted by Crippen LogP contribution is -2.35. The van der Waals surface area contributed by atoms with Gasteiger partial charge in [-0.1, -0.05) is 19.1 Å². The van der Waals surface area contributed by atoms with Gasteiger partial charge in [-0.25, -0.2) is 0 Å². The molecule has 0 saturated heterocycles. The first kappa shape index (κ1) is 12.8. The van der Waals surface area contributed by atoms with Crippen molar-refractivity contribution in [2.45, 2.75) is 6.92 Å². The number of aliphatic hydroxyl groups is 1. The van der Waals surface area contributed by atoms with Crippen LogP contribution in [0.5, 0.6) is 0 Å². The van der Waals surface area contributed by atoms with Gasteiger partial charge in [0.15, 0.2) is 0 Å². The van der Waals surface area contributed by atoms with Crippen molar-refractivity contribution in [1.29, 1.82) is 0 Å². The number of nitrogens with two attached hydrogens (primary N) is 1. The number of hydrogen-bond acceptors (Lipinski definition) is 4. The molecule has 0 bridgehead atoms. The molecule has 0 amide bonds. The summed E-state index contributed by atoms with van der Waals surface area (Å²) >= 11 is 4.80. The van der Waals surface area contributed by atoms with Gasteiger partial charge in [-0.15, -0.1) is 0 Å². The zero-order valence-corrected chi connectivity index (χ0v) is 8.85. The summed E-state index contributed by atoms with van der Waals surface area (Å²) in [4.78, 5) is 2.60. The highest BCUT2D eigenvalue weighted by atomic mass is 32.1. The Morgan fingerprint density at radius 3 is 2.69 bits per heavy atom. The van der Waals surface area contributed by atoms with Crippen LogP contribution in [0.2, 0.25) is 0 Å². The SMILES string of the molecule is CCN(CCOCCO)CC(N)=S. The first-order chi connectivity index (χ1) is 6.20. The Balaban J connectivity index is 3.42. The average Bonchev–Trinajstić information content (AvgIpc) is 2.09. The molecule has 0 unspecified atom stereocenters. The van der Waals surface area contributed by atoms with Crippen molar-refractivity contribution in [3.8, 4) is 0 Å². The van der Waals surface area contributed by atoms with Crippen LogP contribution in [-0.4, -0.2) is 54.4 Å². The summed E-state index contributed by atoms with van der Waals surface area (Å²) in [6.45, 7) is 5.45. The van der Waals surface area contributed by atoms with Gasteiger partial charge in [-0.2, -0.15) is 0 Å². The third kappa shape index (κ3) is 8.11. The molecule has 3 N–H and O–H groups in total. The Morgan fingerprint density at radius 1 is 1.54 bits per heavy atom. The molecular formula is C8H18N2O2S. The van der Waals surface area contributed by atoms with E-state index in [-0.39, 0.29) is 6.61 Å². The summed E-state index contributed by atoms with van der Waals surface area (Å²) in [5.41, 5.74) is 5.41. The molecule has 0 aromatic heterocycles. The maximum Gasteiger partial charge on any atom is 0.0870 e. The predicted molar refractivity (Wildman–Crippen MR) is 56.8 cm³/mol. The van der Waals surface area contributed by atoms with Gasteiger partial charge in [0.25, 0.3) is 0 Å². The van der Waals surface area contributed by atoms with Gasteiger partial charge in [0.2, 0.25) is 0 Å². The molecule has 5 heteroatoms. The lowest BCUT2D eigenvalue weighted by Gasteiger charge is -2.18. The summed E-state index contributed by atoms with van der Waals surface area (Å²) in [5, 5.41) is 8.45. The Kier molecular flexibility index (Phi) is 8.22. The van der Waals surface area contributed by atoms with Crippen LogP contribution in [0.25, 0.3) is 0 Å². The van der Waals surface area contributed by atoms with Gasteiger partial charge < -0.3 is 15.6 Å². The maximum absolute atomic E-state index is 8.45. The summed E-state index contributed by atoms with van der Waals surface area (Å²) in [5.74, 6) is 0. The predicted octanol–water partition coefficient (Wildman–Crippen LogP) is -0.397. The first-order valence-corrected chi connectivity index (χ1v) is 4.80. The van der Waals surface area contributed by atoms with E-state index in [2.05, 4.69) is 4.90 Å². The van der Waals surface area contributed by atoms with Crippen LogP contribution in [-0.2, 0) is 4.74 Å². The standard InChI is InChI=1S/C8H18N2O2S/c1-2-10(7-8(9)13)3-5-12-6-4-11/h11H,2-7H2,1H3,(H2,9,13). The molecule has 0 spiro atoms. The zero-order chi connectivity index (χ0) is 10.1. The fourth-order valence-corrected chi connectivity index (χ4v) is 1.11. The highest BCUT2D eigenvalue weighted by Gasteiger charge is 2.02. The van der Waals surface area contributed by atoms with Crippen molar-refractivity contribution >= 4 is 17.2 Å². The summed E-state index contributed by atoms with van der Waals surface area (Å²) < 4.78 is 5.12. The van der Waals surface area contributed by atoms with Crippen molar-refractivity contribution in [3.63, 3.8) is 0 Å². The van der Waals surface area contributed by atoms with Gasteiger partial charge in [-0.3, -0.25) is 4.90 Å². The Labute approximate surface area is 84.7 Å². The van der Waals surface area contributed by atoms with E-state index in [0.717, 1.165) is 13.1 Å². The molecule has 0 radical (unpaired) electrons. The fraction of sp³-hybridized carbons (Fsp3) is 0.875. The van der Waals surface area contributed by atoms with Crippen LogP contribution < -0.4 is 5.73 Å². The van der Waals surface area contributed by atoms with Gasteiger partial charge in [0.05, 0.1) is 24.8 Å². The third-order valence-corrected chi connectivity index (χ3v) is 1.74. The van der Waals surface area contributed by atoms with E-state index < -0.39 is 0 Å². The Bertz CT molecular complexity index is 144. The molecule has 0 aromatic carbocycles. The molecule has 0 saturated carbocycles. The van der Waals surface area contributed by atoms with Crippen LogP contribution in [0.4, 0.5) is 0 Å². The van der Waals surface area contributed by atoms with Crippen molar-refractivity contribution in [2.24, 2.45) is 5.73 Å². The molecule has 0 aliphatic rings. The summed E-state index contributed by atoms with van der Waals surface area (Å²) in [6, 6.07) is 0. The van der Waals surface area contributed by atoms with E-state index in [0.29, 0.717) is 24.7 Å². The Hall–Kier alpha value is -0.230. The van der Waals surface area contributed by atoms with Crippen LogP contribution in [0.1, 0.15) is 6.92 Å². The smallest absolute Gasteiger partial charge is 0.0870 e. The van der Waals surface area contributed by atoms with Gasteiger partial charge >= 0.3 is 0 Å². The van der Waals surface area contributed by atoms with E-state index in [1.165, 1.54) is 0 Å². The fourth-order valence-electron chi connectivity index (χ4n) is 0.930. The molecular weight excluding hydrogens is 188 g/mol. The topological polar surface area (TPSA) is 58.7 Å². The molecule has 4 nitrogen and oxygen atoms in total. The molecule has 0 aliphatic carbocycles. The van der Waals surface area contributed by atoms with Gasteiger partial charge in [-0.05, 0) is 6.54 Å². The minimum atomic E-state index is 0.0709. The van der Waals surface area contributed by atoms with Crippen LogP contribution >= 0.6 is 12.2 Å². The van der Waals surface area contributed by atoms with E-state index >= 15 is 0 Å². The van der Waals surface area contributed by atoms with Gasteiger partial charge in [0, 0.05) is 13.1 Å². The number of nitrogens with zero attached hydrogens (tertiary/aromatic N) is 1. The molecule has 0 heterocycles. The first-order valence-electron chi connectivity index (χ1n) is 4.40. The molecule has 0 fully saturated rings. The highest BCUT2D eigenvalue weighted by molar-refractivity contribution is 7.80. The van der Waals surface area contributed by atoms with Crippen molar-refractivity contribution in [3.05, 3.63) is 0 Å². The maximum atomic E-state index is 8.45. The highest BCUT2D eigenvalue weighted by Crippen LogP contribution is 1.88. The number of rotatable bonds is 8. The lowest BCUT2D eigenvalue weighted by atomic mass is 10.4. The zero-order valence-electron chi connectivity index (χ0n) is 8.03. The molecule has 0 rings (SSSR count). The van der Waals surface area contributed by atoms with Crippen LogP contribution in [0.15, 0.2) is 0 Å². The average molecular weight is 206 g/mol. The summed E-state index contributed by atoms with van der Waals surface area (Å²) in [7, 11) is 0. The molecule has 0 aliphatic heterocycles. The third-order valence-electron chi connectivity index (χ3n) is 1.61. The van der Waals surface area contributed by atoms with Crippen LogP contribution in [0.3, 0.4) is 0 Å². The monoisotopic (exact) mass is 206 g/mol. The van der Waals surface area contributed by atoms with Crippen molar-refractivity contribution < 1.29 is 9.84 Å². The summed E-state index contributed by atoms with van der Waals surface area (Å²) in [6.07, 6.45) is 0. The molecule has 0 atom stereocenters. The number of ether oxygens (including phenoxy) is 1. The number of hydrogen-bond donors (Lipinski definition) is 2. The molecule has 0 aromatic rings. The Morgan fingerprint density at radius 2 is 2.23 bits per heavy atom. The normalized spacial score (nSPS) is 10.7. The number of thiocarbonyl (C=S) groups is 1.